The van der Waals surface area contributed by atoms with Crippen LogP contribution in [0.2, 0.25) is 0 Å². The van der Waals surface area contributed by atoms with E-state index in [1.807, 2.05) is 0 Å². The molecule has 2 aromatic carbocycles. The van der Waals surface area contributed by atoms with Crippen molar-refractivity contribution in [3.8, 4) is 0 Å². The lowest BCUT2D eigenvalue weighted by atomic mass is 10.0. The summed E-state index contributed by atoms with van der Waals surface area (Å²) in [5, 5.41) is 36.3. The molecule has 0 heterocycles. The first kappa shape index (κ1) is 18.4. The second-order valence-corrected chi connectivity index (χ2v) is 5.16. The van der Waals surface area contributed by atoms with Gasteiger partial charge in [0.25, 0.3) is 0 Å². The molecule has 8 heteroatoms. The van der Waals surface area contributed by atoms with Crippen molar-refractivity contribution in [3.63, 3.8) is 0 Å². The molecule has 0 bridgehead atoms. The Morgan fingerprint density at radius 3 is 1.73 bits per heavy atom. The van der Waals surface area contributed by atoms with Gasteiger partial charge in [0.15, 0.2) is 0 Å². The lowest BCUT2D eigenvalue weighted by molar-refractivity contribution is 0.0651. The lowest BCUT2D eigenvalue weighted by Gasteiger charge is -2.05. The Labute approximate surface area is 146 Å². The summed E-state index contributed by atoms with van der Waals surface area (Å²) in [6.07, 6.45) is 2.68. The zero-order chi connectivity index (χ0) is 19.4. The van der Waals surface area contributed by atoms with Crippen molar-refractivity contribution in [1.29, 1.82) is 0 Å². The molecular weight excluding hydrogens is 344 g/mol. The average Bonchev–Trinajstić information content (AvgIpc) is 2.58. The van der Waals surface area contributed by atoms with Gasteiger partial charge < -0.3 is 20.4 Å². The van der Waals surface area contributed by atoms with Crippen LogP contribution in [0.5, 0.6) is 0 Å². The van der Waals surface area contributed by atoms with E-state index in [1.165, 1.54) is 24.3 Å². The molecule has 0 aliphatic heterocycles. The van der Waals surface area contributed by atoms with E-state index in [1.54, 1.807) is 0 Å². The number of carboxylic acids is 4. The maximum absolute atomic E-state index is 11.3. The van der Waals surface area contributed by atoms with Gasteiger partial charge in [0.2, 0.25) is 0 Å². The highest BCUT2D eigenvalue weighted by atomic mass is 16.4. The zero-order valence-electron chi connectivity index (χ0n) is 13.0. The van der Waals surface area contributed by atoms with Crippen LogP contribution in [-0.2, 0) is 0 Å². The molecule has 2 aromatic rings. The second-order valence-electron chi connectivity index (χ2n) is 5.16. The van der Waals surface area contributed by atoms with Crippen LogP contribution in [0.3, 0.4) is 0 Å². The van der Waals surface area contributed by atoms with Gasteiger partial charge in [-0.1, -0.05) is 18.2 Å². The summed E-state index contributed by atoms with van der Waals surface area (Å²) < 4.78 is 0. The number of hydrogen-bond acceptors (Lipinski definition) is 4. The Kier molecular flexibility index (Phi) is 5.17. The molecule has 0 radical (unpaired) electrons. The van der Waals surface area contributed by atoms with Crippen molar-refractivity contribution in [3.05, 3.63) is 69.8 Å². The molecule has 0 unspecified atom stereocenters. The summed E-state index contributed by atoms with van der Waals surface area (Å²) in [6.45, 7) is 0. The highest BCUT2D eigenvalue weighted by Gasteiger charge is 2.16. The van der Waals surface area contributed by atoms with Gasteiger partial charge in [0.05, 0.1) is 22.3 Å². The standard InChI is InChI=1S/C18H12O8/c19-15(20)11-4-6-12(16(21)22)10(8-11)3-1-9-2-5-13(17(23)24)14(7-9)18(25)26/h1-8H,(H,19,20)(H,21,22)(H,23,24)(H,25,26)/b3-1+. The number of rotatable bonds is 6. The molecule has 26 heavy (non-hydrogen) atoms. The minimum atomic E-state index is -1.42. The van der Waals surface area contributed by atoms with Crippen LogP contribution in [0.25, 0.3) is 12.2 Å². The first-order valence-electron chi connectivity index (χ1n) is 7.10. The van der Waals surface area contributed by atoms with Crippen LogP contribution in [-0.4, -0.2) is 44.3 Å². The Hall–Kier alpha value is -3.94. The number of carbonyl (C=O) groups is 4. The maximum Gasteiger partial charge on any atom is 0.336 e. The number of benzene rings is 2. The van der Waals surface area contributed by atoms with E-state index in [4.69, 9.17) is 15.3 Å². The summed E-state index contributed by atoms with van der Waals surface area (Å²) in [5.41, 5.74) is -0.624. The molecule has 0 atom stereocenters. The summed E-state index contributed by atoms with van der Waals surface area (Å²) in [6, 6.07) is 7.09. The molecule has 0 aliphatic carbocycles. The largest absolute Gasteiger partial charge is 0.478 e. The van der Waals surface area contributed by atoms with Crippen LogP contribution < -0.4 is 0 Å². The van der Waals surface area contributed by atoms with E-state index < -0.39 is 29.4 Å². The molecule has 0 saturated carbocycles. The highest BCUT2D eigenvalue weighted by Crippen LogP contribution is 2.18. The van der Waals surface area contributed by atoms with Crippen LogP contribution in [0, 0.1) is 0 Å². The molecule has 0 saturated heterocycles. The van der Waals surface area contributed by atoms with Gasteiger partial charge in [-0.2, -0.15) is 0 Å². The SMILES string of the molecule is O=C(O)c1ccc(C(=O)O)c(/C=C/c2ccc(C(=O)O)c(C(=O)O)c2)c1. The second kappa shape index (κ2) is 7.31. The molecular formula is C18H12O8. The van der Waals surface area contributed by atoms with Crippen LogP contribution in [0.15, 0.2) is 36.4 Å². The fourth-order valence-electron chi connectivity index (χ4n) is 2.24. The van der Waals surface area contributed by atoms with Crippen LogP contribution in [0.1, 0.15) is 52.6 Å². The predicted octanol–water partition coefficient (Wildman–Crippen LogP) is 2.65. The van der Waals surface area contributed by atoms with Gasteiger partial charge in [0.1, 0.15) is 0 Å². The first-order valence-corrected chi connectivity index (χ1v) is 7.10. The quantitative estimate of drug-likeness (QED) is 0.577. The summed E-state index contributed by atoms with van der Waals surface area (Å²) in [7, 11) is 0. The molecule has 4 N–H and O–H groups in total. The van der Waals surface area contributed by atoms with Gasteiger partial charge >= 0.3 is 23.9 Å². The maximum atomic E-state index is 11.3. The molecule has 0 aliphatic rings. The van der Waals surface area contributed by atoms with Crippen LogP contribution in [0.4, 0.5) is 0 Å². The van der Waals surface area contributed by atoms with E-state index in [0.717, 1.165) is 24.3 Å². The Balaban J connectivity index is 2.50. The molecule has 8 nitrogen and oxygen atoms in total. The van der Waals surface area contributed by atoms with Gasteiger partial charge in [-0.15, -0.1) is 0 Å². The molecule has 0 aromatic heterocycles. The third-order valence-corrected chi connectivity index (χ3v) is 3.49. The predicted molar refractivity (Wildman–Crippen MR) is 89.6 cm³/mol. The molecule has 0 amide bonds. The Bertz CT molecular complexity index is 956. The van der Waals surface area contributed by atoms with Crippen LogP contribution >= 0.6 is 0 Å². The average molecular weight is 356 g/mol. The molecule has 0 spiro atoms. The smallest absolute Gasteiger partial charge is 0.336 e. The van der Waals surface area contributed by atoms with Gasteiger partial charge in [-0.05, 0) is 41.5 Å². The van der Waals surface area contributed by atoms with Crippen molar-refractivity contribution in [2.24, 2.45) is 0 Å². The van der Waals surface area contributed by atoms with Crippen molar-refractivity contribution in [2.75, 3.05) is 0 Å². The van der Waals surface area contributed by atoms with Crippen molar-refractivity contribution in [1.82, 2.24) is 0 Å². The minimum absolute atomic E-state index is 0.108. The number of hydrogen-bond donors (Lipinski definition) is 4. The third-order valence-electron chi connectivity index (χ3n) is 3.49. The van der Waals surface area contributed by atoms with E-state index in [0.29, 0.717) is 5.56 Å². The van der Waals surface area contributed by atoms with Gasteiger partial charge in [-0.25, -0.2) is 19.2 Å². The number of aromatic carboxylic acids is 4. The zero-order valence-corrected chi connectivity index (χ0v) is 13.0. The fourth-order valence-corrected chi connectivity index (χ4v) is 2.24. The number of carboxylic acid groups (broad SMARTS) is 4. The van der Waals surface area contributed by atoms with Crippen molar-refractivity contribution < 1.29 is 39.6 Å². The topological polar surface area (TPSA) is 149 Å². The highest BCUT2D eigenvalue weighted by molar-refractivity contribution is 6.02. The van der Waals surface area contributed by atoms with E-state index in [2.05, 4.69) is 0 Å². The first-order chi connectivity index (χ1) is 12.2. The summed E-state index contributed by atoms with van der Waals surface area (Å²) >= 11 is 0. The van der Waals surface area contributed by atoms with E-state index >= 15 is 0 Å². The van der Waals surface area contributed by atoms with E-state index in [9.17, 15) is 24.3 Å². The molecule has 0 fully saturated rings. The van der Waals surface area contributed by atoms with Crippen molar-refractivity contribution in [2.45, 2.75) is 0 Å². The van der Waals surface area contributed by atoms with Gasteiger partial charge in [0, 0.05) is 0 Å². The van der Waals surface area contributed by atoms with E-state index in [-0.39, 0.29) is 22.3 Å². The normalized spacial score (nSPS) is 10.6. The lowest BCUT2D eigenvalue weighted by Crippen LogP contribution is -2.08. The Morgan fingerprint density at radius 1 is 0.615 bits per heavy atom. The summed E-state index contributed by atoms with van der Waals surface area (Å²) in [5.74, 6) is -5.29. The molecule has 2 rings (SSSR count). The molecule has 132 valence electrons. The minimum Gasteiger partial charge on any atom is -0.478 e. The monoisotopic (exact) mass is 356 g/mol. The summed E-state index contributed by atoms with van der Waals surface area (Å²) in [4.78, 5) is 44.5. The van der Waals surface area contributed by atoms with Crippen molar-refractivity contribution >= 4 is 36.0 Å². The van der Waals surface area contributed by atoms with Gasteiger partial charge in [-0.3, -0.25) is 0 Å². The Morgan fingerprint density at radius 2 is 1.19 bits per heavy atom. The fraction of sp³-hybridized carbons (Fsp3) is 0. The third kappa shape index (κ3) is 3.93.